The van der Waals surface area contributed by atoms with Crippen molar-refractivity contribution in [3.63, 3.8) is 0 Å². The number of hydrogen-bond acceptors (Lipinski definition) is 6. The summed E-state index contributed by atoms with van der Waals surface area (Å²) in [5.74, 6) is -0.356. The smallest absolute Gasteiger partial charge is 0.337 e. The molecule has 1 heterocycles. The van der Waals surface area contributed by atoms with Crippen molar-refractivity contribution in [1.82, 2.24) is 0 Å². The van der Waals surface area contributed by atoms with Crippen molar-refractivity contribution in [3.05, 3.63) is 0 Å². The number of carbonyl (C=O) groups is 1. The average molecular weight is 467 g/mol. The minimum atomic E-state index is -2.00. The molecule has 0 aromatic heterocycles. The van der Waals surface area contributed by atoms with Crippen LogP contribution in [0.25, 0.3) is 0 Å². The summed E-state index contributed by atoms with van der Waals surface area (Å²) in [6, 6.07) is 0. The van der Waals surface area contributed by atoms with Gasteiger partial charge >= 0.3 is 5.97 Å². The van der Waals surface area contributed by atoms with E-state index < -0.39 is 51.6 Å². The predicted molar refractivity (Wildman–Crippen MR) is 124 cm³/mol. The largest absolute Gasteiger partial charge is 0.455 e. The molecule has 0 N–H and O–H groups in total. The second-order valence-electron chi connectivity index (χ2n) is 11.4. The molecule has 1 fully saturated rings. The second-order valence-corrected chi connectivity index (χ2v) is 29.3. The van der Waals surface area contributed by atoms with Crippen molar-refractivity contribution in [2.75, 3.05) is 6.61 Å². The molecule has 10 heteroatoms. The predicted octanol–water partition coefficient (Wildman–Crippen LogP) is 4.42. The summed E-state index contributed by atoms with van der Waals surface area (Å²) in [5, 5.41) is 0. The van der Waals surface area contributed by atoms with Gasteiger partial charge < -0.3 is 22.4 Å². The van der Waals surface area contributed by atoms with Crippen molar-refractivity contribution < 1.29 is 27.2 Å². The molecule has 0 unspecified atom stereocenters. The maximum atomic E-state index is 12.9. The van der Waals surface area contributed by atoms with Crippen molar-refractivity contribution in [1.29, 1.82) is 0 Å². The normalized spacial score (nSPS) is 27.6. The highest BCUT2D eigenvalue weighted by atomic mass is 28.4. The van der Waals surface area contributed by atoms with Crippen molar-refractivity contribution in [2.45, 2.75) is 103 Å². The minimum absolute atomic E-state index is 0.335. The molecule has 0 bridgehead atoms. The fraction of sp³-hybridized carbons (Fsp3) is 0.944. The number of carbonyl (C=O) groups excluding carboxylic acids is 1. The maximum absolute atomic E-state index is 12.9. The summed E-state index contributed by atoms with van der Waals surface area (Å²) >= 11 is 0. The monoisotopic (exact) mass is 466 g/mol. The van der Waals surface area contributed by atoms with E-state index in [2.05, 4.69) is 78.6 Å². The summed E-state index contributed by atoms with van der Waals surface area (Å²) in [5.41, 5.74) is 0. The standard InChI is InChI=1S/C18H42O6Si4/c1-25(2,3)20-13-14-15(22-26(4,5)6)16(23-27(7,8)9)17(18(19)21-14)24-28(10,11)12/h14-17H,13H2,1-12H3/t14-,15-,16-,17-/m0/s1. The van der Waals surface area contributed by atoms with Gasteiger partial charge in [-0.2, -0.15) is 0 Å². The lowest BCUT2D eigenvalue weighted by Gasteiger charge is -2.47. The topological polar surface area (TPSA) is 63.2 Å². The number of hydrogen-bond donors (Lipinski definition) is 0. The van der Waals surface area contributed by atoms with Gasteiger partial charge in [-0.05, 0) is 78.6 Å². The van der Waals surface area contributed by atoms with Gasteiger partial charge in [-0.3, -0.25) is 0 Å². The molecule has 0 radical (unpaired) electrons. The van der Waals surface area contributed by atoms with Crippen LogP contribution in [-0.2, 0) is 27.2 Å². The molecule has 1 aliphatic heterocycles. The van der Waals surface area contributed by atoms with Gasteiger partial charge in [0.05, 0.1) is 6.61 Å². The van der Waals surface area contributed by atoms with Crippen LogP contribution < -0.4 is 0 Å². The molecule has 0 aromatic rings. The Morgan fingerprint density at radius 2 is 1.11 bits per heavy atom. The summed E-state index contributed by atoms with van der Waals surface area (Å²) in [6.45, 7) is 25.7. The third-order valence-electron chi connectivity index (χ3n) is 3.63. The Morgan fingerprint density at radius 3 is 1.50 bits per heavy atom. The first kappa shape index (κ1) is 26.2. The lowest BCUT2D eigenvalue weighted by Crippen LogP contribution is -2.64. The van der Waals surface area contributed by atoms with E-state index in [1.54, 1.807) is 0 Å². The van der Waals surface area contributed by atoms with E-state index in [1.165, 1.54) is 0 Å². The number of rotatable bonds is 9. The SMILES string of the molecule is C[Si](C)(C)OC[C@@H]1OC(=O)[C@@H](O[Si](C)(C)C)[C@@H](O[Si](C)(C)C)[C@H]1O[Si](C)(C)C. The van der Waals surface area contributed by atoms with Crippen LogP contribution in [0.15, 0.2) is 0 Å². The van der Waals surface area contributed by atoms with Gasteiger partial charge in [0.1, 0.15) is 12.2 Å². The molecule has 0 saturated carbocycles. The molecule has 0 amide bonds. The average Bonchev–Trinajstić information content (AvgIpc) is 2.39. The summed E-state index contributed by atoms with van der Waals surface area (Å²) in [6.07, 6.45) is -2.08. The van der Waals surface area contributed by atoms with E-state index in [1.807, 2.05) is 0 Å². The second kappa shape index (κ2) is 9.12. The van der Waals surface area contributed by atoms with Crippen LogP contribution in [0, 0.1) is 0 Å². The Hall–Kier alpha value is 0.178. The lowest BCUT2D eigenvalue weighted by molar-refractivity contribution is -0.198. The zero-order valence-electron chi connectivity index (χ0n) is 20.0. The van der Waals surface area contributed by atoms with Gasteiger partial charge in [-0.15, -0.1) is 0 Å². The van der Waals surface area contributed by atoms with Gasteiger partial charge in [0.25, 0.3) is 0 Å². The first-order valence-corrected chi connectivity index (χ1v) is 23.8. The van der Waals surface area contributed by atoms with Crippen molar-refractivity contribution >= 4 is 39.2 Å². The van der Waals surface area contributed by atoms with Gasteiger partial charge in [0.15, 0.2) is 45.5 Å². The molecule has 4 atom stereocenters. The van der Waals surface area contributed by atoms with Crippen LogP contribution in [0.4, 0.5) is 0 Å². The van der Waals surface area contributed by atoms with Gasteiger partial charge in [0.2, 0.25) is 0 Å². The van der Waals surface area contributed by atoms with E-state index in [0.29, 0.717) is 6.61 Å². The summed E-state index contributed by atoms with van der Waals surface area (Å²) < 4.78 is 31.2. The molecule has 166 valence electrons. The molecule has 0 aliphatic carbocycles. The van der Waals surface area contributed by atoms with Gasteiger partial charge in [0, 0.05) is 0 Å². The van der Waals surface area contributed by atoms with E-state index in [0.717, 1.165) is 0 Å². The first-order valence-electron chi connectivity index (χ1n) is 10.2. The Bertz CT molecular complexity index is 530. The van der Waals surface area contributed by atoms with Gasteiger partial charge in [-0.25, -0.2) is 4.79 Å². The molecule has 1 saturated heterocycles. The van der Waals surface area contributed by atoms with Crippen LogP contribution in [0.2, 0.25) is 78.6 Å². The Labute approximate surface area is 176 Å². The highest BCUT2D eigenvalue weighted by Gasteiger charge is 2.52. The zero-order valence-corrected chi connectivity index (χ0v) is 24.0. The number of cyclic esters (lactones) is 1. The molecule has 6 nitrogen and oxygen atoms in total. The van der Waals surface area contributed by atoms with E-state index in [-0.39, 0.29) is 12.1 Å². The zero-order chi connectivity index (χ0) is 22.1. The highest BCUT2D eigenvalue weighted by molar-refractivity contribution is 6.71. The van der Waals surface area contributed by atoms with E-state index >= 15 is 0 Å². The third-order valence-corrected chi connectivity index (χ3v) is 7.58. The minimum Gasteiger partial charge on any atom is -0.455 e. The fourth-order valence-corrected chi connectivity index (χ4v) is 6.68. The molecule has 1 rings (SSSR count). The molecular formula is C18H42O6Si4. The maximum Gasteiger partial charge on any atom is 0.337 e. The number of ether oxygens (including phenoxy) is 1. The Kier molecular flexibility index (Phi) is 8.54. The highest BCUT2D eigenvalue weighted by Crippen LogP contribution is 2.31. The molecule has 0 spiro atoms. The van der Waals surface area contributed by atoms with E-state index in [4.69, 9.17) is 22.4 Å². The Morgan fingerprint density at radius 1 is 0.679 bits per heavy atom. The third kappa shape index (κ3) is 9.79. The van der Waals surface area contributed by atoms with Crippen LogP contribution >= 0.6 is 0 Å². The summed E-state index contributed by atoms with van der Waals surface area (Å²) in [7, 11) is -7.66. The number of esters is 1. The van der Waals surface area contributed by atoms with Gasteiger partial charge in [-0.1, -0.05) is 0 Å². The summed E-state index contributed by atoms with van der Waals surface area (Å²) in [4.78, 5) is 12.9. The molecule has 1 aliphatic rings. The van der Waals surface area contributed by atoms with Crippen LogP contribution in [0.3, 0.4) is 0 Å². The fourth-order valence-electron chi connectivity index (χ4n) is 2.85. The Balaban J connectivity index is 3.28. The lowest BCUT2D eigenvalue weighted by atomic mass is 10.0. The van der Waals surface area contributed by atoms with Crippen LogP contribution in [-0.4, -0.2) is 70.3 Å². The quantitative estimate of drug-likeness (QED) is 0.370. The molecular weight excluding hydrogens is 425 g/mol. The molecule has 28 heavy (non-hydrogen) atoms. The van der Waals surface area contributed by atoms with Crippen LogP contribution in [0.5, 0.6) is 0 Å². The van der Waals surface area contributed by atoms with Crippen molar-refractivity contribution in [2.24, 2.45) is 0 Å². The van der Waals surface area contributed by atoms with Crippen molar-refractivity contribution in [3.8, 4) is 0 Å². The first-order chi connectivity index (χ1) is 12.3. The van der Waals surface area contributed by atoms with E-state index in [9.17, 15) is 4.79 Å². The van der Waals surface area contributed by atoms with Crippen LogP contribution in [0.1, 0.15) is 0 Å². The molecule has 0 aromatic carbocycles.